The summed E-state index contributed by atoms with van der Waals surface area (Å²) in [6.45, 7) is 3.12. The summed E-state index contributed by atoms with van der Waals surface area (Å²) >= 11 is 0. The predicted molar refractivity (Wildman–Crippen MR) is 32.6 cm³/mol. The molecule has 0 rings (SSSR count). The molecule has 8 heavy (non-hydrogen) atoms. The summed E-state index contributed by atoms with van der Waals surface area (Å²) in [6.07, 6.45) is 3.28. The van der Waals surface area contributed by atoms with Gasteiger partial charge in [-0.05, 0) is 7.05 Å². The van der Waals surface area contributed by atoms with Crippen molar-refractivity contribution in [2.75, 3.05) is 13.6 Å². The normalized spacial score (nSPS) is 9.00. The average Bonchev–Trinajstić information content (AvgIpc) is 1.61. The molecule has 0 unspecified atom stereocenters. The maximum absolute atomic E-state index is 3.69. The Morgan fingerprint density at radius 3 is 2.25 bits per heavy atom. The summed E-state index contributed by atoms with van der Waals surface area (Å²) in [5, 5.41) is 0. The molecule has 0 bridgehead atoms. The minimum Gasteiger partial charge on any atom is -0.464 e. The van der Waals surface area contributed by atoms with Gasteiger partial charge >= 0.3 is 0 Å². The fourth-order valence-electron chi connectivity index (χ4n) is 0.349. The molecule has 0 aromatic carbocycles. The molecule has 2 heteroatoms. The standard InChI is InChI=1S/C6H13N.Y/c1-4-5-6-7(2)3;/h4H,2,5-6H2,1,3H3;/q-2;. The minimum atomic E-state index is 0. The van der Waals surface area contributed by atoms with Gasteiger partial charge in [-0.15, -0.1) is 0 Å². The van der Waals surface area contributed by atoms with Gasteiger partial charge in [0.2, 0.25) is 0 Å². The van der Waals surface area contributed by atoms with E-state index >= 15 is 0 Å². The number of rotatable bonds is 3. The second kappa shape index (κ2) is 8.06. The van der Waals surface area contributed by atoms with E-state index in [4.69, 9.17) is 0 Å². The topological polar surface area (TPSA) is 3.24 Å². The Hall–Kier alpha value is 1.06. The Kier molecular flexibility index (Phi) is 11.9. The van der Waals surface area contributed by atoms with Crippen LogP contribution in [0.15, 0.2) is 0 Å². The van der Waals surface area contributed by atoms with Crippen LogP contribution in [-0.2, 0) is 32.7 Å². The molecule has 0 saturated carbocycles. The van der Waals surface area contributed by atoms with Crippen molar-refractivity contribution in [1.82, 2.24) is 4.90 Å². The van der Waals surface area contributed by atoms with E-state index in [-0.39, 0.29) is 32.7 Å². The first-order chi connectivity index (χ1) is 3.27. The zero-order chi connectivity index (χ0) is 5.70. The molecular formula is C6H13NY-2. The van der Waals surface area contributed by atoms with Gasteiger partial charge in [-0.25, -0.2) is 0 Å². The third-order valence-electron chi connectivity index (χ3n) is 0.799. The van der Waals surface area contributed by atoms with Crippen molar-refractivity contribution in [1.29, 1.82) is 0 Å². The molecule has 0 aromatic rings. The van der Waals surface area contributed by atoms with Gasteiger partial charge in [0.15, 0.2) is 0 Å². The first kappa shape index (κ1) is 11.8. The van der Waals surface area contributed by atoms with Crippen molar-refractivity contribution < 1.29 is 32.7 Å². The van der Waals surface area contributed by atoms with Gasteiger partial charge in [0, 0.05) is 32.7 Å². The number of unbranched alkanes of at least 4 members (excludes halogenated alkanes) is 1. The number of nitrogens with zero attached hydrogens (tertiary/aromatic N) is 1. The second-order valence-corrected chi connectivity index (χ2v) is 1.78. The molecule has 0 amide bonds. The fraction of sp³-hybridized carbons (Fsp3) is 0.667. The summed E-state index contributed by atoms with van der Waals surface area (Å²) in [5.74, 6) is 0. The molecule has 1 nitrogen and oxygen atoms in total. The molecule has 0 aliphatic carbocycles. The van der Waals surface area contributed by atoms with Crippen LogP contribution in [0.3, 0.4) is 0 Å². The third-order valence-corrected chi connectivity index (χ3v) is 0.799. The van der Waals surface area contributed by atoms with E-state index in [0.29, 0.717) is 0 Å². The fourth-order valence-corrected chi connectivity index (χ4v) is 0.349. The van der Waals surface area contributed by atoms with E-state index < -0.39 is 0 Å². The number of hydrogen-bond acceptors (Lipinski definition) is 1. The Bertz CT molecular complexity index is 37.5. The van der Waals surface area contributed by atoms with Crippen LogP contribution in [0.1, 0.15) is 13.3 Å². The van der Waals surface area contributed by atoms with E-state index in [1.165, 1.54) is 0 Å². The summed E-state index contributed by atoms with van der Waals surface area (Å²) in [5.41, 5.74) is 0. The molecule has 0 aliphatic heterocycles. The van der Waals surface area contributed by atoms with Gasteiger partial charge in [-0.1, -0.05) is 6.54 Å². The van der Waals surface area contributed by atoms with Gasteiger partial charge in [-0.2, -0.15) is 13.3 Å². The summed E-state index contributed by atoms with van der Waals surface area (Å²) in [6, 6.07) is 0. The van der Waals surface area contributed by atoms with Crippen LogP contribution >= 0.6 is 0 Å². The van der Waals surface area contributed by atoms with E-state index in [1.807, 2.05) is 11.9 Å². The number of hydrogen-bond donors (Lipinski definition) is 0. The Labute approximate surface area is 77.7 Å². The van der Waals surface area contributed by atoms with Crippen molar-refractivity contribution in [3.8, 4) is 0 Å². The Morgan fingerprint density at radius 1 is 1.62 bits per heavy atom. The quantitative estimate of drug-likeness (QED) is 0.604. The van der Waals surface area contributed by atoms with Crippen molar-refractivity contribution in [3.05, 3.63) is 13.5 Å². The van der Waals surface area contributed by atoms with Crippen molar-refractivity contribution in [2.24, 2.45) is 0 Å². The van der Waals surface area contributed by atoms with Crippen LogP contribution in [0.2, 0.25) is 0 Å². The summed E-state index contributed by atoms with van der Waals surface area (Å²) in [4.78, 5) is 1.93. The first-order valence-electron chi connectivity index (χ1n) is 2.57. The molecule has 0 heterocycles. The van der Waals surface area contributed by atoms with Gasteiger partial charge in [-0.3, -0.25) is 7.05 Å². The summed E-state index contributed by atoms with van der Waals surface area (Å²) in [7, 11) is 5.66. The molecule has 0 fully saturated rings. The minimum absolute atomic E-state index is 0. The smallest absolute Gasteiger partial charge is 0 e. The maximum Gasteiger partial charge on any atom is 0 e. The van der Waals surface area contributed by atoms with Crippen LogP contribution in [0.25, 0.3) is 0 Å². The van der Waals surface area contributed by atoms with Crippen LogP contribution in [0, 0.1) is 13.5 Å². The van der Waals surface area contributed by atoms with Gasteiger partial charge in [0.1, 0.15) is 0 Å². The second-order valence-electron chi connectivity index (χ2n) is 1.78. The van der Waals surface area contributed by atoms with Crippen LogP contribution in [0.5, 0.6) is 0 Å². The van der Waals surface area contributed by atoms with E-state index in [2.05, 4.69) is 20.4 Å². The monoisotopic (exact) mass is 188 g/mol. The van der Waals surface area contributed by atoms with Crippen molar-refractivity contribution in [2.45, 2.75) is 13.3 Å². The Balaban J connectivity index is 0. The van der Waals surface area contributed by atoms with Crippen molar-refractivity contribution >= 4 is 0 Å². The maximum atomic E-state index is 3.69. The SMILES string of the molecule is [CH2-]N(C)CC[CH-]C.[Y]. The van der Waals surface area contributed by atoms with Gasteiger partial charge in [0.05, 0.1) is 0 Å². The molecule has 0 aromatic heterocycles. The van der Waals surface area contributed by atoms with Gasteiger partial charge in [0.25, 0.3) is 0 Å². The molecule has 0 saturated heterocycles. The summed E-state index contributed by atoms with van der Waals surface area (Å²) < 4.78 is 0. The van der Waals surface area contributed by atoms with E-state index in [9.17, 15) is 0 Å². The molecule has 0 aliphatic rings. The molecule has 1 radical (unpaired) electrons. The largest absolute Gasteiger partial charge is 0.464 e. The van der Waals surface area contributed by atoms with Crippen molar-refractivity contribution in [3.63, 3.8) is 0 Å². The third kappa shape index (κ3) is 10.1. The molecular weight excluding hydrogens is 175 g/mol. The molecule has 0 spiro atoms. The Morgan fingerprint density at radius 2 is 2.12 bits per heavy atom. The van der Waals surface area contributed by atoms with Crippen LogP contribution in [-0.4, -0.2) is 18.5 Å². The van der Waals surface area contributed by atoms with E-state index in [0.717, 1.165) is 13.0 Å². The first-order valence-corrected chi connectivity index (χ1v) is 2.57. The molecule has 0 atom stereocenters. The molecule has 0 N–H and O–H groups in total. The van der Waals surface area contributed by atoms with E-state index in [1.54, 1.807) is 0 Å². The van der Waals surface area contributed by atoms with Crippen LogP contribution < -0.4 is 0 Å². The zero-order valence-electron chi connectivity index (χ0n) is 5.72. The predicted octanol–water partition coefficient (Wildman–Crippen LogP) is 1.32. The van der Waals surface area contributed by atoms with Crippen LogP contribution in [0.4, 0.5) is 0 Å². The average molecular weight is 188 g/mol. The van der Waals surface area contributed by atoms with Gasteiger partial charge < -0.3 is 11.3 Å². The zero-order valence-corrected chi connectivity index (χ0v) is 8.56. The molecule has 47 valence electrons.